The summed E-state index contributed by atoms with van der Waals surface area (Å²) in [5.41, 5.74) is -0.159. The predicted octanol–water partition coefficient (Wildman–Crippen LogP) is 3.15. The van der Waals surface area contributed by atoms with Crippen LogP contribution in [0.3, 0.4) is 0 Å². The fourth-order valence-corrected chi connectivity index (χ4v) is 11.5. The Bertz CT molecular complexity index is 853. The first-order valence-corrected chi connectivity index (χ1v) is 14.0. The molecule has 5 aliphatic carbocycles. The maximum absolute atomic E-state index is 12.4. The third kappa shape index (κ3) is 2.83. The smallest absolute Gasteiger partial charge is 0.302 e. The summed E-state index contributed by atoms with van der Waals surface area (Å²) in [7, 11) is 5.62. The molecular weight excluding hydrogens is 446 g/mol. The van der Waals surface area contributed by atoms with E-state index in [9.17, 15) is 4.79 Å². The molecule has 7 nitrogen and oxygen atoms in total. The van der Waals surface area contributed by atoms with Crippen LogP contribution in [-0.4, -0.2) is 88.5 Å². The first-order valence-electron chi connectivity index (χ1n) is 14.0. The van der Waals surface area contributed by atoms with Crippen molar-refractivity contribution < 1.29 is 28.5 Å². The van der Waals surface area contributed by atoms with E-state index < -0.39 is 0 Å². The molecule has 0 unspecified atom stereocenters. The molecule has 1 aliphatic heterocycles. The predicted molar refractivity (Wildman–Crippen MR) is 130 cm³/mol. The van der Waals surface area contributed by atoms with E-state index in [-0.39, 0.29) is 52.5 Å². The third-order valence-corrected chi connectivity index (χ3v) is 11.8. The first-order chi connectivity index (χ1) is 16.9. The number of rotatable bonds is 8. The van der Waals surface area contributed by atoms with Gasteiger partial charge in [0.1, 0.15) is 6.10 Å². The van der Waals surface area contributed by atoms with Crippen LogP contribution in [0.25, 0.3) is 0 Å². The van der Waals surface area contributed by atoms with E-state index in [1.54, 1.807) is 6.92 Å². The number of likely N-dealkylation sites (tertiary alicyclic amines) is 1. The highest BCUT2D eigenvalue weighted by molar-refractivity contribution is 5.66. The molecule has 6 rings (SSSR count). The molecule has 35 heavy (non-hydrogen) atoms. The number of methoxy groups -OCH3 is 3. The molecule has 0 amide bonds. The van der Waals surface area contributed by atoms with Crippen LogP contribution in [0.5, 0.6) is 0 Å². The minimum Gasteiger partial charge on any atom is -0.462 e. The van der Waals surface area contributed by atoms with Crippen molar-refractivity contribution in [3.05, 3.63) is 0 Å². The van der Waals surface area contributed by atoms with Crippen molar-refractivity contribution in [3.8, 4) is 0 Å². The molecule has 7 bridgehead atoms. The zero-order valence-electron chi connectivity index (χ0n) is 22.5. The second-order valence-electron chi connectivity index (χ2n) is 12.4. The molecule has 6 fully saturated rings. The molecule has 1 spiro atoms. The number of carbonyl (C=O) groups excluding carboxylic acids is 1. The molecule has 0 radical (unpaired) electrons. The molecule has 6 aliphatic rings. The van der Waals surface area contributed by atoms with E-state index in [0.717, 1.165) is 51.8 Å². The Labute approximate surface area is 210 Å². The van der Waals surface area contributed by atoms with Gasteiger partial charge in [0.15, 0.2) is 0 Å². The number of nitrogens with zero attached hydrogens (tertiary/aromatic N) is 1. The second kappa shape index (κ2) is 8.39. The zero-order valence-corrected chi connectivity index (χ0v) is 22.5. The third-order valence-electron chi connectivity index (χ3n) is 11.8. The zero-order chi connectivity index (χ0) is 24.8. The van der Waals surface area contributed by atoms with Gasteiger partial charge in [-0.25, -0.2) is 0 Å². The average Bonchev–Trinajstić information content (AvgIpc) is 3.26. The van der Waals surface area contributed by atoms with Crippen molar-refractivity contribution in [3.63, 3.8) is 0 Å². The summed E-state index contributed by atoms with van der Waals surface area (Å²) in [6, 6.07) is 0.424. The largest absolute Gasteiger partial charge is 0.462 e. The van der Waals surface area contributed by atoms with Crippen LogP contribution in [0.2, 0.25) is 0 Å². The van der Waals surface area contributed by atoms with E-state index in [1.807, 2.05) is 21.3 Å². The molecule has 0 N–H and O–H groups in total. The summed E-state index contributed by atoms with van der Waals surface area (Å²) in [5, 5.41) is 0. The van der Waals surface area contributed by atoms with Crippen LogP contribution in [0, 0.1) is 40.4 Å². The summed E-state index contributed by atoms with van der Waals surface area (Å²) in [4.78, 5) is 15.2. The molecule has 1 heterocycles. The van der Waals surface area contributed by atoms with E-state index >= 15 is 0 Å². The lowest BCUT2D eigenvalue weighted by Crippen LogP contribution is -2.76. The highest BCUT2D eigenvalue weighted by atomic mass is 16.6. The maximum atomic E-state index is 12.4. The van der Waals surface area contributed by atoms with Gasteiger partial charge < -0.3 is 23.7 Å². The topological polar surface area (TPSA) is 66.5 Å². The molecular formula is C28H45NO6. The number of hydrogen-bond acceptors (Lipinski definition) is 7. The lowest BCUT2D eigenvalue weighted by molar-refractivity contribution is -0.286. The highest BCUT2D eigenvalue weighted by Crippen LogP contribution is 2.79. The maximum Gasteiger partial charge on any atom is 0.302 e. The standard InChI is InChI=1S/C28H45NO6/c1-7-29-14-26(15-31-4)10-9-22(33-6)28-18-11-17-20(32-5)13-27(34-8-2,19(25(28)29)12-21(26)28)23(18)24(17)35-16(3)30/h17-25H,7-15H2,1-6H3/t17-,18-,19+,20+,21-,22+,23-,24+,25-,26+,27+,28-/m1/s1. The average molecular weight is 492 g/mol. The second-order valence-corrected chi connectivity index (χ2v) is 12.4. The molecule has 7 heteroatoms. The van der Waals surface area contributed by atoms with Gasteiger partial charge in [-0.3, -0.25) is 9.69 Å². The number of ether oxygens (including phenoxy) is 5. The van der Waals surface area contributed by atoms with Gasteiger partial charge in [0.05, 0.1) is 24.4 Å². The SMILES string of the molecule is CCO[C@]12C[C@H](OC)[C@H]3C[C@H]([C@@H]1[C@H]3OC(C)=O)[C@@]13[C@@H](OC)CC[C@@]4(COC)CN(CC)[C@@H]1[C@@H]2C[C@H]43. The van der Waals surface area contributed by atoms with Crippen LogP contribution in [0.15, 0.2) is 0 Å². The fourth-order valence-electron chi connectivity index (χ4n) is 11.5. The molecule has 5 saturated carbocycles. The normalized spacial score (nSPS) is 53.6. The molecule has 0 aromatic heterocycles. The molecule has 198 valence electrons. The van der Waals surface area contributed by atoms with Gasteiger partial charge in [0, 0.05) is 82.5 Å². The quantitative estimate of drug-likeness (QED) is 0.483. The summed E-state index contributed by atoms with van der Waals surface area (Å²) in [5.74, 6) is 1.52. The van der Waals surface area contributed by atoms with Gasteiger partial charge in [-0.2, -0.15) is 0 Å². The molecule has 1 saturated heterocycles. The molecule has 0 aromatic carbocycles. The monoisotopic (exact) mass is 491 g/mol. The number of piperidine rings is 1. The summed E-state index contributed by atoms with van der Waals surface area (Å²) in [6.45, 7) is 9.61. The summed E-state index contributed by atoms with van der Waals surface area (Å²) < 4.78 is 31.8. The minimum atomic E-state index is -0.338. The van der Waals surface area contributed by atoms with Crippen molar-refractivity contribution in [2.75, 3.05) is 47.6 Å². The Hall–Kier alpha value is -0.730. The number of carbonyl (C=O) groups is 1. The Kier molecular flexibility index (Phi) is 5.89. The van der Waals surface area contributed by atoms with E-state index in [1.165, 1.54) is 0 Å². The van der Waals surface area contributed by atoms with Crippen LogP contribution in [0.1, 0.15) is 52.9 Å². The van der Waals surface area contributed by atoms with Crippen molar-refractivity contribution in [1.29, 1.82) is 0 Å². The van der Waals surface area contributed by atoms with Gasteiger partial charge in [-0.15, -0.1) is 0 Å². The summed E-state index contributed by atoms with van der Waals surface area (Å²) >= 11 is 0. The lowest BCUT2D eigenvalue weighted by Gasteiger charge is -2.70. The van der Waals surface area contributed by atoms with Crippen LogP contribution < -0.4 is 0 Å². The van der Waals surface area contributed by atoms with Gasteiger partial charge in [-0.1, -0.05) is 6.92 Å². The highest BCUT2D eigenvalue weighted by Gasteiger charge is 2.84. The van der Waals surface area contributed by atoms with Crippen molar-refractivity contribution in [2.45, 2.75) is 82.8 Å². The van der Waals surface area contributed by atoms with E-state index in [0.29, 0.717) is 30.4 Å². The van der Waals surface area contributed by atoms with E-state index in [4.69, 9.17) is 23.7 Å². The van der Waals surface area contributed by atoms with E-state index in [2.05, 4.69) is 18.7 Å². The van der Waals surface area contributed by atoms with Crippen LogP contribution >= 0.6 is 0 Å². The number of fused-ring (bicyclic) bond motifs is 2. The van der Waals surface area contributed by atoms with Gasteiger partial charge in [0.25, 0.3) is 0 Å². The van der Waals surface area contributed by atoms with Gasteiger partial charge >= 0.3 is 5.97 Å². The Morgan fingerprint density at radius 1 is 1.09 bits per heavy atom. The molecule has 12 atom stereocenters. The minimum absolute atomic E-state index is 0.0332. The fraction of sp³-hybridized carbons (Fsp3) is 0.964. The van der Waals surface area contributed by atoms with Gasteiger partial charge in [-0.05, 0) is 51.0 Å². The molecule has 0 aromatic rings. The Morgan fingerprint density at radius 3 is 2.51 bits per heavy atom. The summed E-state index contributed by atoms with van der Waals surface area (Å²) in [6.07, 6.45) is 5.42. The Balaban J connectivity index is 1.59. The van der Waals surface area contributed by atoms with Crippen molar-refractivity contribution in [2.24, 2.45) is 40.4 Å². The number of esters is 1. The van der Waals surface area contributed by atoms with Crippen molar-refractivity contribution in [1.82, 2.24) is 4.90 Å². The van der Waals surface area contributed by atoms with Crippen molar-refractivity contribution >= 4 is 5.97 Å². The van der Waals surface area contributed by atoms with Crippen LogP contribution in [-0.2, 0) is 28.5 Å². The number of hydrogen-bond donors (Lipinski definition) is 0. The lowest BCUT2D eigenvalue weighted by atomic mass is 9.43. The van der Waals surface area contributed by atoms with Gasteiger partial charge in [0.2, 0.25) is 0 Å². The Morgan fingerprint density at radius 2 is 1.89 bits per heavy atom. The van der Waals surface area contributed by atoms with Crippen LogP contribution in [0.4, 0.5) is 0 Å². The first kappa shape index (κ1) is 24.6.